The van der Waals surface area contributed by atoms with Crippen molar-refractivity contribution in [3.63, 3.8) is 0 Å². The van der Waals surface area contributed by atoms with Crippen molar-refractivity contribution >= 4 is 5.91 Å². The predicted octanol–water partition coefficient (Wildman–Crippen LogP) is -0.0276. The van der Waals surface area contributed by atoms with E-state index in [-0.39, 0.29) is 11.9 Å². The second-order valence-electron chi connectivity index (χ2n) is 3.85. The van der Waals surface area contributed by atoms with Crippen LogP contribution in [0.25, 0.3) is 0 Å². The minimum absolute atomic E-state index is 0.0372. The average molecular weight is 211 g/mol. The summed E-state index contributed by atoms with van der Waals surface area (Å²) in [4.78, 5) is 13.9. The molecule has 1 fully saturated rings. The van der Waals surface area contributed by atoms with E-state index in [0.29, 0.717) is 6.54 Å². The highest BCUT2D eigenvalue weighted by atomic mass is 16.2. The molecule has 1 aliphatic rings. The van der Waals surface area contributed by atoms with Crippen LogP contribution < -0.4 is 10.6 Å². The van der Waals surface area contributed by atoms with Crippen LogP contribution in [0.15, 0.2) is 12.7 Å². The highest BCUT2D eigenvalue weighted by Gasteiger charge is 2.20. The van der Waals surface area contributed by atoms with E-state index < -0.39 is 0 Å². The standard InChI is InChI=1S/C11H21N3O/c1-3-5-13-11(15)10(2)14-8-4-6-12-7-9-14/h3,10,12H,1,4-9H2,2H3,(H,13,15). The molecule has 0 aromatic rings. The molecule has 4 heteroatoms. The number of hydrogen-bond acceptors (Lipinski definition) is 3. The summed E-state index contributed by atoms with van der Waals surface area (Å²) < 4.78 is 0. The summed E-state index contributed by atoms with van der Waals surface area (Å²) in [5.74, 6) is 0.0943. The molecule has 0 aromatic carbocycles. The van der Waals surface area contributed by atoms with Crippen LogP contribution in [0.4, 0.5) is 0 Å². The number of carbonyl (C=O) groups excluding carboxylic acids is 1. The second-order valence-corrected chi connectivity index (χ2v) is 3.85. The first-order chi connectivity index (χ1) is 7.25. The van der Waals surface area contributed by atoms with Gasteiger partial charge in [-0.3, -0.25) is 9.69 Å². The molecule has 1 atom stereocenters. The van der Waals surface area contributed by atoms with Gasteiger partial charge in [0.2, 0.25) is 5.91 Å². The summed E-state index contributed by atoms with van der Waals surface area (Å²) in [6, 6.07) is -0.0372. The van der Waals surface area contributed by atoms with Crippen molar-refractivity contribution < 1.29 is 4.79 Å². The smallest absolute Gasteiger partial charge is 0.237 e. The summed E-state index contributed by atoms with van der Waals surface area (Å²) in [6.45, 7) is 10.1. The van der Waals surface area contributed by atoms with Crippen molar-refractivity contribution in [2.45, 2.75) is 19.4 Å². The van der Waals surface area contributed by atoms with Gasteiger partial charge in [0.15, 0.2) is 0 Å². The van der Waals surface area contributed by atoms with Crippen LogP contribution in [0.5, 0.6) is 0 Å². The number of rotatable bonds is 4. The average Bonchev–Trinajstić information content (AvgIpc) is 2.53. The molecule has 0 radical (unpaired) electrons. The minimum Gasteiger partial charge on any atom is -0.351 e. The number of nitrogens with zero attached hydrogens (tertiary/aromatic N) is 1. The Kier molecular flexibility index (Phi) is 5.36. The van der Waals surface area contributed by atoms with Crippen LogP contribution in [0.1, 0.15) is 13.3 Å². The van der Waals surface area contributed by atoms with E-state index in [1.54, 1.807) is 6.08 Å². The van der Waals surface area contributed by atoms with Gasteiger partial charge >= 0.3 is 0 Å². The fourth-order valence-corrected chi connectivity index (χ4v) is 1.74. The maximum Gasteiger partial charge on any atom is 0.237 e. The van der Waals surface area contributed by atoms with E-state index in [1.807, 2.05) is 6.92 Å². The molecule has 1 aliphatic heterocycles. The van der Waals surface area contributed by atoms with Gasteiger partial charge in [0, 0.05) is 26.2 Å². The third kappa shape index (κ3) is 4.01. The van der Waals surface area contributed by atoms with Crippen LogP contribution >= 0.6 is 0 Å². The van der Waals surface area contributed by atoms with E-state index in [0.717, 1.165) is 32.6 Å². The van der Waals surface area contributed by atoms with Crippen molar-refractivity contribution in [3.8, 4) is 0 Å². The SMILES string of the molecule is C=CCNC(=O)C(C)N1CCCNCC1. The molecule has 4 nitrogen and oxygen atoms in total. The van der Waals surface area contributed by atoms with E-state index in [9.17, 15) is 4.79 Å². The molecule has 1 amide bonds. The first kappa shape index (κ1) is 12.2. The Labute approximate surface area is 91.7 Å². The second kappa shape index (κ2) is 6.58. The van der Waals surface area contributed by atoms with Crippen LogP contribution in [-0.4, -0.2) is 49.6 Å². The van der Waals surface area contributed by atoms with Gasteiger partial charge in [-0.15, -0.1) is 6.58 Å². The van der Waals surface area contributed by atoms with Gasteiger partial charge in [-0.2, -0.15) is 0 Å². The quantitative estimate of drug-likeness (QED) is 0.642. The fraction of sp³-hybridized carbons (Fsp3) is 0.727. The van der Waals surface area contributed by atoms with E-state index >= 15 is 0 Å². The van der Waals surface area contributed by atoms with Crippen molar-refractivity contribution in [3.05, 3.63) is 12.7 Å². The molecule has 1 unspecified atom stereocenters. The third-order valence-corrected chi connectivity index (χ3v) is 2.72. The fourth-order valence-electron chi connectivity index (χ4n) is 1.74. The number of nitrogens with one attached hydrogen (secondary N) is 2. The van der Waals surface area contributed by atoms with Gasteiger partial charge in [0.05, 0.1) is 6.04 Å². The van der Waals surface area contributed by atoms with Crippen molar-refractivity contribution in [1.82, 2.24) is 15.5 Å². The van der Waals surface area contributed by atoms with Gasteiger partial charge in [-0.05, 0) is 19.9 Å². The Morgan fingerprint density at radius 1 is 1.60 bits per heavy atom. The highest BCUT2D eigenvalue weighted by Crippen LogP contribution is 2.02. The number of hydrogen-bond donors (Lipinski definition) is 2. The number of amides is 1. The van der Waals surface area contributed by atoms with Gasteiger partial charge in [-0.25, -0.2) is 0 Å². The zero-order valence-electron chi connectivity index (χ0n) is 9.46. The first-order valence-corrected chi connectivity index (χ1v) is 5.59. The largest absolute Gasteiger partial charge is 0.351 e. The molecular formula is C11H21N3O. The van der Waals surface area contributed by atoms with Crippen molar-refractivity contribution in [1.29, 1.82) is 0 Å². The molecule has 0 aliphatic carbocycles. The lowest BCUT2D eigenvalue weighted by atomic mass is 10.2. The van der Waals surface area contributed by atoms with Crippen LogP contribution in [0, 0.1) is 0 Å². The zero-order valence-corrected chi connectivity index (χ0v) is 9.46. The Bertz CT molecular complexity index is 210. The molecule has 1 heterocycles. The van der Waals surface area contributed by atoms with Crippen LogP contribution in [-0.2, 0) is 4.79 Å². The molecular weight excluding hydrogens is 190 g/mol. The summed E-state index contributed by atoms with van der Waals surface area (Å²) >= 11 is 0. The predicted molar refractivity (Wildman–Crippen MR) is 61.7 cm³/mol. The summed E-state index contributed by atoms with van der Waals surface area (Å²) in [7, 11) is 0. The van der Waals surface area contributed by atoms with E-state index in [1.165, 1.54) is 0 Å². The Morgan fingerprint density at radius 2 is 2.40 bits per heavy atom. The normalized spacial score (nSPS) is 20.3. The first-order valence-electron chi connectivity index (χ1n) is 5.59. The number of carbonyl (C=O) groups is 1. The molecule has 15 heavy (non-hydrogen) atoms. The lowest BCUT2D eigenvalue weighted by molar-refractivity contribution is -0.125. The summed E-state index contributed by atoms with van der Waals surface area (Å²) in [5.41, 5.74) is 0. The molecule has 86 valence electrons. The molecule has 0 spiro atoms. The van der Waals surface area contributed by atoms with Gasteiger partial charge in [0.1, 0.15) is 0 Å². The molecule has 0 aromatic heterocycles. The Morgan fingerprint density at radius 3 is 3.13 bits per heavy atom. The molecule has 1 rings (SSSR count). The molecule has 2 N–H and O–H groups in total. The van der Waals surface area contributed by atoms with Crippen LogP contribution in [0.3, 0.4) is 0 Å². The molecule has 1 saturated heterocycles. The minimum atomic E-state index is -0.0372. The highest BCUT2D eigenvalue weighted by molar-refractivity contribution is 5.81. The van der Waals surface area contributed by atoms with Gasteiger partial charge in [-0.1, -0.05) is 6.08 Å². The summed E-state index contributed by atoms with van der Waals surface area (Å²) in [5, 5.41) is 6.16. The summed E-state index contributed by atoms with van der Waals surface area (Å²) in [6.07, 6.45) is 2.81. The van der Waals surface area contributed by atoms with Crippen molar-refractivity contribution in [2.75, 3.05) is 32.7 Å². The van der Waals surface area contributed by atoms with Crippen LogP contribution in [0.2, 0.25) is 0 Å². The maximum absolute atomic E-state index is 11.7. The Hall–Kier alpha value is -0.870. The molecule has 0 bridgehead atoms. The molecule has 0 saturated carbocycles. The zero-order chi connectivity index (χ0) is 11.1. The lowest BCUT2D eigenvalue weighted by Gasteiger charge is -2.26. The van der Waals surface area contributed by atoms with Crippen molar-refractivity contribution in [2.24, 2.45) is 0 Å². The topological polar surface area (TPSA) is 44.4 Å². The third-order valence-electron chi connectivity index (χ3n) is 2.72. The maximum atomic E-state index is 11.7. The van der Waals surface area contributed by atoms with Gasteiger partial charge in [0.25, 0.3) is 0 Å². The lowest BCUT2D eigenvalue weighted by Crippen LogP contribution is -2.46. The monoisotopic (exact) mass is 211 g/mol. The van der Waals surface area contributed by atoms with Gasteiger partial charge < -0.3 is 10.6 Å². The van der Waals surface area contributed by atoms with E-state index in [2.05, 4.69) is 22.1 Å². The van der Waals surface area contributed by atoms with E-state index in [4.69, 9.17) is 0 Å². The Balaban J connectivity index is 2.38.